The standard InChI is InChI=1S/C16H25NO2/c1-16(2,3)15(18)14-9-10-17(14)11-12-5-7-13(19-4)8-6-12/h5-8,14-15,18H,9-11H2,1-4H3. The lowest BCUT2D eigenvalue weighted by molar-refractivity contribution is -0.0685. The Labute approximate surface area is 116 Å². The summed E-state index contributed by atoms with van der Waals surface area (Å²) >= 11 is 0. The van der Waals surface area contributed by atoms with E-state index >= 15 is 0 Å². The third-order valence-electron chi connectivity index (χ3n) is 3.98. The first-order chi connectivity index (χ1) is 8.91. The van der Waals surface area contributed by atoms with Crippen molar-refractivity contribution in [1.82, 2.24) is 4.90 Å². The Morgan fingerprint density at radius 2 is 1.95 bits per heavy atom. The van der Waals surface area contributed by atoms with E-state index in [1.807, 2.05) is 12.1 Å². The van der Waals surface area contributed by atoms with Gasteiger partial charge in [0.2, 0.25) is 0 Å². The van der Waals surface area contributed by atoms with Gasteiger partial charge in [-0.1, -0.05) is 32.9 Å². The number of hydrogen-bond acceptors (Lipinski definition) is 3. The quantitative estimate of drug-likeness (QED) is 0.906. The lowest BCUT2D eigenvalue weighted by Crippen LogP contribution is -2.57. The predicted octanol–water partition coefficient (Wildman–Crippen LogP) is 2.68. The number of nitrogens with zero attached hydrogens (tertiary/aromatic N) is 1. The molecule has 0 aromatic heterocycles. The highest BCUT2D eigenvalue weighted by molar-refractivity contribution is 5.27. The van der Waals surface area contributed by atoms with Gasteiger partial charge in [-0.2, -0.15) is 0 Å². The number of benzene rings is 1. The highest BCUT2D eigenvalue weighted by Gasteiger charge is 2.39. The minimum Gasteiger partial charge on any atom is -0.497 e. The number of methoxy groups -OCH3 is 1. The second kappa shape index (κ2) is 5.51. The molecule has 1 N–H and O–H groups in total. The zero-order chi connectivity index (χ0) is 14.0. The smallest absolute Gasteiger partial charge is 0.118 e. The first kappa shape index (κ1) is 14.4. The summed E-state index contributed by atoms with van der Waals surface area (Å²) in [6, 6.07) is 8.46. The number of hydrogen-bond donors (Lipinski definition) is 1. The van der Waals surface area contributed by atoms with Crippen LogP contribution >= 0.6 is 0 Å². The molecular weight excluding hydrogens is 238 g/mol. The van der Waals surface area contributed by atoms with E-state index < -0.39 is 0 Å². The zero-order valence-electron chi connectivity index (χ0n) is 12.4. The van der Waals surface area contributed by atoms with Crippen LogP contribution in [0.1, 0.15) is 32.8 Å². The normalized spacial score (nSPS) is 21.8. The van der Waals surface area contributed by atoms with Crippen LogP contribution in [-0.2, 0) is 6.54 Å². The van der Waals surface area contributed by atoms with E-state index in [9.17, 15) is 5.11 Å². The molecule has 106 valence electrons. The minimum atomic E-state index is -0.264. The van der Waals surface area contributed by atoms with Gasteiger partial charge in [0.05, 0.1) is 13.2 Å². The van der Waals surface area contributed by atoms with E-state index in [4.69, 9.17) is 4.74 Å². The van der Waals surface area contributed by atoms with Crippen LogP contribution in [0.2, 0.25) is 0 Å². The van der Waals surface area contributed by atoms with Gasteiger partial charge in [-0.15, -0.1) is 0 Å². The summed E-state index contributed by atoms with van der Waals surface area (Å²) in [7, 11) is 1.68. The van der Waals surface area contributed by atoms with Crippen molar-refractivity contribution >= 4 is 0 Å². The summed E-state index contributed by atoms with van der Waals surface area (Å²) in [5, 5.41) is 10.4. The maximum atomic E-state index is 10.4. The molecule has 3 heteroatoms. The van der Waals surface area contributed by atoms with Crippen LogP contribution in [0, 0.1) is 5.41 Å². The van der Waals surface area contributed by atoms with E-state index in [2.05, 4.69) is 37.8 Å². The van der Waals surface area contributed by atoms with E-state index in [-0.39, 0.29) is 11.5 Å². The van der Waals surface area contributed by atoms with Crippen LogP contribution in [0.25, 0.3) is 0 Å². The molecule has 0 spiro atoms. The fourth-order valence-electron chi connectivity index (χ4n) is 2.56. The summed E-state index contributed by atoms with van der Waals surface area (Å²) in [6.45, 7) is 8.27. The van der Waals surface area contributed by atoms with Gasteiger partial charge in [-0.05, 0) is 29.5 Å². The van der Waals surface area contributed by atoms with Gasteiger partial charge in [0.25, 0.3) is 0 Å². The third-order valence-corrected chi connectivity index (χ3v) is 3.98. The van der Waals surface area contributed by atoms with Gasteiger partial charge in [0.15, 0.2) is 0 Å². The highest BCUT2D eigenvalue weighted by atomic mass is 16.5. The largest absolute Gasteiger partial charge is 0.497 e. The van der Waals surface area contributed by atoms with Crippen molar-refractivity contribution in [3.8, 4) is 5.75 Å². The van der Waals surface area contributed by atoms with Crippen molar-refractivity contribution in [2.24, 2.45) is 5.41 Å². The molecule has 1 fully saturated rings. The van der Waals surface area contributed by atoms with Crippen LogP contribution in [0.4, 0.5) is 0 Å². The molecule has 0 aliphatic carbocycles. The molecule has 1 aromatic carbocycles. The van der Waals surface area contributed by atoms with Gasteiger partial charge >= 0.3 is 0 Å². The molecule has 0 bridgehead atoms. The number of ether oxygens (including phenoxy) is 1. The van der Waals surface area contributed by atoms with Gasteiger partial charge in [-0.25, -0.2) is 0 Å². The average Bonchev–Trinajstić information content (AvgIpc) is 2.34. The summed E-state index contributed by atoms with van der Waals surface area (Å²) in [5.74, 6) is 0.888. The topological polar surface area (TPSA) is 32.7 Å². The molecule has 3 nitrogen and oxygen atoms in total. The Bertz CT molecular complexity index is 408. The molecule has 19 heavy (non-hydrogen) atoms. The van der Waals surface area contributed by atoms with Crippen LogP contribution in [0.15, 0.2) is 24.3 Å². The molecule has 0 radical (unpaired) electrons. The Morgan fingerprint density at radius 3 is 2.37 bits per heavy atom. The maximum Gasteiger partial charge on any atom is 0.118 e. The highest BCUT2D eigenvalue weighted by Crippen LogP contribution is 2.32. The predicted molar refractivity (Wildman–Crippen MR) is 77.3 cm³/mol. The molecule has 2 atom stereocenters. The molecule has 0 saturated carbocycles. The molecule has 2 rings (SSSR count). The summed E-state index contributed by atoms with van der Waals surface area (Å²) in [6.07, 6.45) is 0.828. The van der Waals surface area contributed by atoms with E-state index in [1.54, 1.807) is 7.11 Å². The SMILES string of the molecule is COc1ccc(CN2CCC2C(O)C(C)(C)C)cc1. The Hall–Kier alpha value is -1.06. The summed E-state index contributed by atoms with van der Waals surface area (Å²) in [4.78, 5) is 2.36. The average molecular weight is 263 g/mol. The fourth-order valence-corrected chi connectivity index (χ4v) is 2.56. The van der Waals surface area contributed by atoms with Crippen molar-refractivity contribution in [2.75, 3.05) is 13.7 Å². The van der Waals surface area contributed by atoms with Gasteiger partial charge in [0, 0.05) is 19.1 Å². The number of aliphatic hydroxyl groups is 1. The van der Waals surface area contributed by atoms with E-state index in [0.717, 1.165) is 25.3 Å². The van der Waals surface area contributed by atoms with Crippen molar-refractivity contribution in [1.29, 1.82) is 0 Å². The van der Waals surface area contributed by atoms with Crippen LogP contribution in [0.3, 0.4) is 0 Å². The molecule has 1 saturated heterocycles. The number of rotatable bonds is 4. The molecule has 0 amide bonds. The van der Waals surface area contributed by atoms with Crippen LogP contribution < -0.4 is 4.74 Å². The van der Waals surface area contributed by atoms with E-state index in [0.29, 0.717) is 6.04 Å². The Kier molecular flexibility index (Phi) is 4.16. The molecule has 2 unspecified atom stereocenters. The van der Waals surface area contributed by atoms with E-state index in [1.165, 1.54) is 5.56 Å². The van der Waals surface area contributed by atoms with Crippen molar-refractivity contribution in [2.45, 2.75) is 45.9 Å². The van der Waals surface area contributed by atoms with Crippen molar-refractivity contribution < 1.29 is 9.84 Å². The summed E-state index contributed by atoms with van der Waals surface area (Å²) in [5.41, 5.74) is 1.22. The Balaban J connectivity index is 1.96. The van der Waals surface area contributed by atoms with Crippen molar-refractivity contribution in [3.63, 3.8) is 0 Å². The van der Waals surface area contributed by atoms with Crippen LogP contribution in [0.5, 0.6) is 5.75 Å². The molecular formula is C16H25NO2. The van der Waals surface area contributed by atoms with Gasteiger partial charge in [0.1, 0.15) is 5.75 Å². The van der Waals surface area contributed by atoms with Crippen molar-refractivity contribution in [3.05, 3.63) is 29.8 Å². The lowest BCUT2D eigenvalue weighted by atomic mass is 9.80. The molecule has 1 heterocycles. The summed E-state index contributed by atoms with van der Waals surface area (Å²) < 4.78 is 5.16. The minimum absolute atomic E-state index is 0.0523. The van der Waals surface area contributed by atoms with Gasteiger partial charge in [-0.3, -0.25) is 4.90 Å². The lowest BCUT2D eigenvalue weighted by Gasteiger charge is -2.47. The monoisotopic (exact) mass is 263 g/mol. The number of likely N-dealkylation sites (tertiary alicyclic amines) is 1. The molecule has 1 aliphatic rings. The fraction of sp³-hybridized carbons (Fsp3) is 0.625. The first-order valence-electron chi connectivity index (χ1n) is 6.97. The molecule has 1 aliphatic heterocycles. The Morgan fingerprint density at radius 1 is 1.32 bits per heavy atom. The zero-order valence-corrected chi connectivity index (χ0v) is 12.4. The van der Waals surface area contributed by atoms with Crippen LogP contribution in [-0.4, -0.2) is 35.8 Å². The second-order valence-electron chi connectivity index (χ2n) is 6.49. The second-order valence-corrected chi connectivity index (χ2v) is 6.49. The maximum absolute atomic E-state index is 10.4. The number of aliphatic hydroxyl groups excluding tert-OH is 1. The third kappa shape index (κ3) is 3.28. The first-order valence-corrected chi connectivity index (χ1v) is 6.97. The molecule has 1 aromatic rings. The van der Waals surface area contributed by atoms with Gasteiger partial charge < -0.3 is 9.84 Å².